The summed E-state index contributed by atoms with van der Waals surface area (Å²) in [5.74, 6) is -1.04. The third-order valence-corrected chi connectivity index (χ3v) is 7.66. The summed E-state index contributed by atoms with van der Waals surface area (Å²) in [4.78, 5) is 21.8. The van der Waals surface area contributed by atoms with Crippen molar-refractivity contribution < 1.29 is 19.9 Å². The minimum absolute atomic E-state index is 0.0713. The maximum Gasteiger partial charge on any atom is 0.321 e. The number of aliphatic hydroxyl groups excluding tert-OH is 1. The van der Waals surface area contributed by atoms with Crippen molar-refractivity contribution >= 4 is 23.6 Å². The van der Waals surface area contributed by atoms with Crippen molar-refractivity contribution in [3.63, 3.8) is 0 Å². The second kappa shape index (κ2) is 12.5. The standard InChI is InChI=1S/C12H23N.C11H12N2O5S/c1-3-7-11(8-4-1)13-12-9-5-2-6-10-12;14-7-5-9(11(15)16)12(6-7)19-10-4-2-1-3-8(10)13(17)18/h11-13H,1-10H2;1-4,7,9,14H,5-6H2,(H,15,16)/t;7?,9-/m.0/s1. The molecule has 2 saturated carbocycles. The average molecular weight is 466 g/mol. The normalized spacial score (nSPS) is 25.2. The Bertz CT molecular complexity index is 737. The summed E-state index contributed by atoms with van der Waals surface area (Å²) < 4.78 is 1.47. The van der Waals surface area contributed by atoms with Gasteiger partial charge in [-0.15, -0.1) is 0 Å². The zero-order chi connectivity index (χ0) is 22.9. The Kier molecular flexibility index (Phi) is 9.77. The molecular formula is C23H35N3O5S. The number of hydrogen-bond donors (Lipinski definition) is 3. The van der Waals surface area contributed by atoms with E-state index in [-0.39, 0.29) is 18.7 Å². The number of benzene rings is 1. The van der Waals surface area contributed by atoms with E-state index >= 15 is 0 Å². The molecule has 32 heavy (non-hydrogen) atoms. The van der Waals surface area contributed by atoms with Crippen molar-refractivity contribution in [3.8, 4) is 0 Å². The van der Waals surface area contributed by atoms with Gasteiger partial charge in [-0.05, 0) is 43.7 Å². The molecule has 1 aromatic rings. The minimum atomic E-state index is -1.04. The number of nitro groups is 1. The van der Waals surface area contributed by atoms with Crippen LogP contribution >= 0.6 is 11.9 Å². The number of β-amino-alcohol motifs (C(OH)–C–C–N with tert-alkyl or cyclic N) is 1. The van der Waals surface area contributed by atoms with Gasteiger partial charge in [0.15, 0.2) is 0 Å². The maximum absolute atomic E-state index is 11.1. The molecule has 1 unspecified atom stereocenters. The molecule has 178 valence electrons. The van der Waals surface area contributed by atoms with Crippen molar-refractivity contribution in [1.29, 1.82) is 0 Å². The Hall–Kier alpha value is -1.68. The lowest BCUT2D eigenvalue weighted by molar-refractivity contribution is -0.387. The molecule has 9 heteroatoms. The smallest absolute Gasteiger partial charge is 0.321 e. The van der Waals surface area contributed by atoms with E-state index in [1.54, 1.807) is 18.2 Å². The van der Waals surface area contributed by atoms with Crippen molar-refractivity contribution in [2.45, 2.75) is 99.8 Å². The molecule has 1 saturated heterocycles. The summed E-state index contributed by atoms with van der Waals surface area (Å²) in [6.07, 6.45) is 14.0. The van der Waals surface area contributed by atoms with Crippen LogP contribution in [0, 0.1) is 10.1 Å². The van der Waals surface area contributed by atoms with Crippen LogP contribution in [0.5, 0.6) is 0 Å². The molecule has 3 aliphatic rings. The summed E-state index contributed by atoms with van der Waals surface area (Å²) in [6.45, 7) is 0.174. The van der Waals surface area contributed by atoms with Gasteiger partial charge in [-0.3, -0.25) is 14.9 Å². The molecule has 8 nitrogen and oxygen atoms in total. The van der Waals surface area contributed by atoms with Crippen LogP contribution in [0.1, 0.15) is 70.6 Å². The van der Waals surface area contributed by atoms with Gasteiger partial charge in [-0.2, -0.15) is 0 Å². The van der Waals surface area contributed by atoms with Gasteiger partial charge in [0.2, 0.25) is 0 Å². The monoisotopic (exact) mass is 465 g/mol. The second-order valence-electron chi connectivity index (χ2n) is 9.00. The fraction of sp³-hybridized carbons (Fsp3) is 0.696. The fourth-order valence-corrected chi connectivity index (χ4v) is 5.97. The number of aliphatic carboxylic acids is 1. The van der Waals surface area contributed by atoms with E-state index in [0.717, 1.165) is 24.0 Å². The number of nitrogens with zero attached hydrogens (tertiary/aromatic N) is 2. The van der Waals surface area contributed by atoms with Crippen LogP contribution in [0.15, 0.2) is 29.2 Å². The summed E-state index contributed by atoms with van der Waals surface area (Å²) in [5.41, 5.74) is -0.0713. The summed E-state index contributed by atoms with van der Waals surface area (Å²) in [7, 11) is 0. The quantitative estimate of drug-likeness (QED) is 0.322. The molecule has 0 amide bonds. The lowest BCUT2D eigenvalue weighted by Gasteiger charge is -2.30. The summed E-state index contributed by atoms with van der Waals surface area (Å²) >= 11 is 0.997. The Morgan fingerprint density at radius 2 is 1.59 bits per heavy atom. The predicted molar refractivity (Wildman–Crippen MR) is 125 cm³/mol. The Morgan fingerprint density at radius 1 is 1.03 bits per heavy atom. The van der Waals surface area contributed by atoms with Crippen molar-refractivity contribution in [3.05, 3.63) is 34.4 Å². The molecule has 1 heterocycles. The molecule has 1 aromatic carbocycles. The molecule has 4 rings (SSSR count). The van der Waals surface area contributed by atoms with Gasteiger partial charge in [-0.25, -0.2) is 4.31 Å². The number of para-hydroxylation sites is 1. The first-order valence-corrected chi connectivity index (χ1v) is 12.6. The topological polar surface area (TPSA) is 116 Å². The van der Waals surface area contributed by atoms with E-state index in [2.05, 4.69) is 5.32 Å². The molecular weight excluding hydrogens is 430 g/mol. The molecule has 0 aromatic heterocycles. The van der Waals surface area contributed by atoms with Crippen molar-refractivity contribution in [2.24, 2.45) is 0 Å². The fourth-order valence-electron chi connectivity index (χ4n) is 4.79. The first-order valence-electron chi connectivity index (χ1n) is 11.8. The summed E-state index contributed by atoms with van der Waals surface area (Å²) in [6, 6.07) is 7.04. The van der Waals surface area contributed by atoms with Crippen LogP contribution in [0.2, 0.25) is 0 Å². The molecule has 0 radical (unpaired) electrons. The number of nitrogens with one attached hydrogen (secondary N) is 1. The number of carbonyl (C=O) groups is 1. The summed E-state index contributed by atoms with van der Waals surface area (Å²) in [5, 5.41) is 33.3. The first-order chi connectivity index (χ1) is 15.4. The number of nitro benzene ring substituents is 1. The highest BCUT2D eigenvalue weighted by atomic mass is 32.2. The molecule has 2 atom stereocenters. The lowest BCUT2D eigenvalue weighted by Crippen LogP contribution is -2.40. The van der Waals surface area contributed by atoms with Gasteiger partial charge in [0, 0.05) is 31.1 Å². The van der Waals surface area contributed by atoms with E-state index in [0.29, 0.717) is 4.90 Å². The van der Waals surface area contributed by atoms with E-state index in [1.807, 2.05) is 0 Å². The number of rotatable bonds is 6. The highest BCUT2D eigenvalue weighted by Crippen LogP contribution is 2.36. The maximum atomic E-state index is 11.1. The van der Waals surface area contributed by atoms with Gasteiger partial charge in [0.25, 0.3) is 5.69 Å². The van der Waals surface area contributed by atoms with E-state index in [4.69, 9.17) is 5.11 Å². The first kappa shape index (κ1) is 25.0. The molecule has 3 N–H and O–H groups in total. The number of carboxylic acid groups (broad SMARTS) is 1. The highest BCUT2D eigenvalue weighted by Gasteiger charge is 2.37. The number of hydrogen-bond acceptors (Lipinski definition) is 7. The van der Waals surface area contributed by atoms with Crippen LogP contribution < -0.4 is 5.32 Å². The highest BCUT2D eigenvalue weighted by molar-refractivity contribution is 7.97. The van der Waals surface area contributed by atoms with Crippen molar-refractivity contribution in [2.75, 3.05) is 6.54 Å². The molecule has 1 aliphatic heterocycles. The third-order valence-electron chi connectivity index (χ3n) is 6.48. The zero-order valence-electron chi connectivity index (χ0n) is 18.5. The Balaban J connectivity index is 0.000000193. The Labute approximate surface area is 194 Å². The van der Waals surface area contributed by atoms with Gasteiger partial charge in [-0.1, -0.05) is 50.7 Å². The van der Waals surface area contributed by atoms with Gasteiger partial charge < -0.3 is 15.5 Å². The SMILES string of the molecule is C1CCC(NC2CCCCC2)CC1.O=C(O)[C@@H]1CC(O)CN1Sc1ccccc1[N+](=O)[O-]. The molecule has 3 fully saturated rings. The van der Waals surface area contributed by atoms with Crippen molar-refractivity contribution in [1.82, 2.24) is 9.62 Å². The van der Waals surface area contributed by atoms with E-state index < -0.39 is 23.0 Å². The largest absolute Gasteiger partial charge is 0.480 e. The Morgan fingerprint density at radius 3 is 2.12 bits per heavy atom. The van der Waals surface area contributed by atoms with Gasteiger partial charge in [0.1, 0.15) is 10.9 Å². The zero-order valence-corrected chi connectivity index (χ0v) is 19.3. The molecule has 2 aliphatic carbocycles. The lowest BCUT2D eigenvalue weighted by atomic mass is 9.91. The number of aliphatic hydroxyl groups is 1. The van der Waals surface area contributed by atoms with E-state index in [1.165, 1.54) is 74.6 Å². The van der Waals surface area contributed by atoms with Crippen LogP contribution in [-0.4, -0.2) is 56.2 Å². The van der Waals surface area contributed by atoms with Crippen LogP contribution in [-0.2, 0) is 4.79 Å². The minimum Gasteiger partial charge on any atom is -0.480 e. The van der Waals surface area contributed by atoms with Crippen LogP contribution in [0.4, 0.5) is 5.69 Å². The molecule has 0 spiro atoms. The van der Waals surface area contributed by atoms with Crippen LogP contribution in [0.3, 0.4) is 0 Å². The number of carboxylic acids is 1. The molecule has 0 bridgehead atoms. The second-order valence-corrected chi connectivity index (χ2v) is 10.1. The average Bonchev–Trinajstić information content (AvgIpc) is 3.16. The predicted octanol–water partition coefficient (Wildman–Crippen LogP) is 4.36. The van der Waals surface area contributed by atoms with E-state index in [9.17, 15) is 20.0 Å². The van der Waals surface area contributed by atoms with Crippen LogP contribution in [0.25, 0.3) is 0 Å². The van der Waals surface area contributed by atoms with Gasteiger partial charge >= 0.3 is 5.97 Å². The third kappa shape index (κ3) is 7.43. The van der Waals surface area contributed by atoms with Gasteiger partial charge in [0.05, 0.1) is 11.0 Å².